The summed E-state index contributed by atoms with van der Waals surface area (Å²) < 4.78 is 7.20. The first-order valence-corrected chi connectivity index (χ1v) is 8.76. The van der Waals surface area contributed by atoms with E-state index in [0.29, 0.717) is 29.6 Å². The molecule has 0 fully saturated rings. The lowest BCUT2D eigenvalue weighted by Gasteiger charge is -2.06. The zero-order valence-corrected chi connectivity index (χ0v) is 15.5. The minimum atomic E-state index is -0.213. The summed E-state index contributed by atoms with van der Waals surface area (Å²) in [7, 11) is 0. The Balaban J connectivity index is 1.70. The normalized spacial score (nSPS) is 10.6. The highest BCUT2D eigenvalue weighted by molar-refractivity contribution is 6.31. The summed E-state index contributed by atoms with van der Waals surface area (Å²) in [6, 6.07) is 16.5. The van der Waals surface area contributed by atoms with E-state index in [1.165, 1.54) is 0 Å². The minimum absolute atomic E-state index is 0.213. The van der Waals surface area contributed by atoms with Crippen LogP contribution in [0.2, 0.25) is 5.02 Å². The fraction of sp³-hybridized carbons (Fsp3) is 0.200. The average molecular weight is 370 g/mol. The second kappa shape index (κ2) is 8.06. The molecule has 5 nitrogen and oxygen atoms in total. The molecule has 3 aromatic rings. The highest BCUT2D eigenvalue weighted by Gasteiger charge is 2.11. The fourth-order valence-electron chi connectivity index (χ4n) is 2.58. The molecule has 1 N–H and O–H groups in total. The van der Waals surface area contributed by atoms with Crippen LogP contribution in [0.4, 0.5) is 5.82 Å². The van der Waals surface area contributed by atoms with Crippen molar-refractivity contribution in [3.8, 4) is 5.75 Å². The van der Waals surface area contributed by atoms with Gasteiger partial charge in [-0.3, -0.25) is 9.48 Å². The van der Waals surface area contributed by atoms with E-state index in [-0.39, 0.29) is 5.91 Å². The molecule has 2 aromatic carbocycles. The van der Waals surface area contributed by atoms with Gasteiger partial charge in [-0.2, -0.15) is 5.10 Å². The zero-order chi connectivity index (χ0) is 18.5. The molecule has 0 aliphatic carbocycles. The van der Waals surface area contributed by atoms with E-state index in [4.69, 9.17) is 16.3 Å². The van der Waals surface area contributed by atoms with Gasteiger partial charge in [0.2, 0.25) is 0 Å². The number of nitrogens with one attached hydrogen (secondary N) is 1. The Bertz CT molecular complexity index is 904. The standard InChI is InChI=1S/C20H20ClN3O2/c1-3-26-17-10-8-15(9-11-17)20(25)22-19-12-14(2)24(23-19)13-16-6-4-5-7-18(16)21/h4-12H,3,13H2,1-2H3,(H,22,23,25). The lowest BCUT2D eigenvalue weighted by molar-refractivity contribution is 0.102. The number of carbonyl (C=O) groups excluding carboxylic acids is 1. The van der Waals surface area contributed by atoms with Crippen LogP contribution in [0.5, 0.6) is 5.75 Å². The number of amides is 1. The van der Waals surface area contributed by atoms with E-state index < -0.39 is 0 Å². The predicted molar refractivity (Wildman–Crippen MR) is 103 cm³/mol. The molecular formula is C20H20ClN3O2. The van der Waals surface area contributed by atoms with Crippen LogP contribution in [0.25, 0.3) is 0 Å². The lowest BCUT2D eigenvalue weighted by atomic mass is 10.2. The molecule has 0 bridgehead atoms. The van der Waals surface area contributed by atoms with E-state index in [0.717, 1.165) is 17.0 Å². The van der Waals surface area contributed by atoms with Gasteiger partial charge in [0.05, 0.1) is 13.2 Å². The van der Waals surface area contributed by atoms with Gasteiger partial charge in [0.1, 0.15) is 5.75 Å². The SMILES string of the molecule is CCOc1ccc(C(=O)Nc2cc(C)n(Cc3ccccc3Cl)n2)cc1. The quantitative estimate of drug-likeness (QED) is 0.693. The molecular weight excluding hydrogens is 350 g/mol. The second-order valence-corrected chi connectivity index (χ2v) is 6.24. The molecule has 0 atom stereocenters. The van der Waals surface area contributed by atoms with Crippen molar-refractivity contribution in [2.45, 2.75) is 20.4 Å². The average Bonchev–Trinajstić information content (AvgIpc) is 2.97. The Labute approximate surface area is 157 Å². The van der Waals surface area contributed by atoms with Crippen molar-refractivity contribution in [3.05, 3.63) is 76.4 Å². The summed E-state index contributed by atoms with van der Waals surface area (Å²) in [5.41, 5.74) is 2.46. The molecule has 0 radical (unpaired) electrons. The molecule has 0 aliphatic rings. The summed E-state index contributed by atoms with van der Waals surface area (Å²) in [6.45, 7) is 5.00. The monoisotopic (exact) mass is 369 g/mol. The van der Waals surface area contributed by atoms with Crippen LogP contribution in [0, 0.1) is 6.92 Å². The van der Waals surface area contributed by atoms with Crippen molar-refractivity contribution in [2.24, 2.45) is 0 Å². The molecule has 0 spiro atoms. The van der Waals surface area contributed by atoms with Gasteiger partial charge >= 0.3 is 0 Å². The van der Waals surface area contributed by atoms with Crippen molar-refractivity contribution in [3.63, 3.8) is 0 Å². The van der Waals surface area contributed by atoms with Crippen molar-refractivity contribution in [2.75, 3.05) is 11.9 Å². The molecule has 26 heavy (non-hydrogen) atoms. The Kier molecular flexibility index (Phi) is 5.58. The largest absolute Gasteiger partial charge is 0.494 e. The molecule has 0 saturated heterocycles. The Morgan fingerprint density at radius 3 is 2.62 bits per heavy atom. The Hall–Kier alpha value is -2.79. The number of hydrogen-bond acceptors (Lipinski definition) is 3. The number of nitrogens with zero attached hydrogens (tertiary/aromatic N) is 2. The van der Waals surface area contributed by atoms with Crippen LogP contribution < -0.4 is 10.1 Å². The lowest BCUT2D eigenvalue weighted by Crippen LogP contribution is -2.13. The number of aryl methyl sites for hydroxylation is 1. The maximum absolute atomic E-state index is 12.4. The molecule has 6 heteroatoms. The third-order valence-corrected chi connectivity index (χ3v) is 4.30. The molecule has 1 heterocycles. The van der Waals surface area contributed by atoms with E-state index in [2.05, 4.69) is 10.4 Å². The summed E-state index contributed by atoms with van der Waals surface area (Å²) in [5.74, 6) is 1.03. The number of halogens is 1. The molecule has 134 valence electrons. The fourth-order valence-corrected chi connectivity index (χ4v) is 2.77. The summed E-state index contributed by atoms with van der Waals surface area (Å²) in [6.07, 6.45) is 0. The molecule has 0 saturated carbocycles. The van der Waals surface area contributed by atoms with Crippen LogP contribution in [0.1, 0.15) is 28.5 Å². The van der Waals surface area contributed by atoms with Gasteiger partial charge in [-0.25, -0.2) is 0 Å². The first-order valence-electron chi connectivity index (χ1n) is 8.39. The number of rotatable bonds is 6. The third kappa shape index (κ3) is 4.24. The molecule has 0 aliphatic heterocycles. The van der Waals surface area contributed by atoms with Gasteiger partial charge in [-0.15, -0.1) is 0 Å². The summed E-state index contributed by atoms with van der Waals surface area (Å²) in [4.78, 5) is 12.4. The van der Waals surface area contributed by atoms with Gasteiger partial charge < -0.3 is 10.1 Å². The number of aromatic nitrogens is 2. The van der Waals surface area contributed by atoms with Crippen LogP contribution >= 0.6 is 11.6 Å². The van der Waals surface area contributed by atoms with E-state index >= 15 is 0 Å². The van der Waals surface area contributed by atoms with E-state index in [9.17, 15) is 4.79 Å². The summed E-state index contributed by atoms with van der Waals surface area (Å²) >= 11 is 6.21. The molecule has 3 rings (SSSR count). The Morgan fingerprint density at radius 2 is 1.92 bits per heavy atom. The van der Waals surface area contributed by atoms with Gasteiger partial charge in [0, 0.05) is 22.3 Å². The van der Waals surface area contributed by atoms with E-state index in [1.54, 1.807) is 24.3 Å². The zero-order valence-electron chi connectivity index (χ0n) is 14.7. The molecule has 0 unspecified atom stereocenters. The number of benzene rings is 2. The van der Waals surface area contributed by atoms with Crippen LogP contribution in [0.3, 0.4) is 0 Å². The van der Waals surface area contributed by atoms with E-state index in [1.807, 2.05) is 48.9 Å². The topological polar surface area (TPSA) is 56.1 Å². The van der Waals surface area contributed by atoms with Crippen molar-refractivity contribution >= 4 is 23.3 Å². The van der Waals surface area contributed by atoms with Gasteiger partial charge in [-0.05, 0) is 49.7 Å². The van der Waals surface area contributed by atoms with Gasteiger partial charge in [-0.1, -0.05) is 29.8 Å². The van der Waals surface area contributed by atoms with Gasteiger partial charge in [0.25, 0.3) is 5.91 Å². The smallest absolute Gasteiger partial charge is 0.256 e. The Morgan fingerprint density at radius 1 is 1.19 bits per heavy atom. The highest BCUT2D eigenvalue weighted by Crippen LogP contribution is 2.19. The number of ether oxygens (including phenoxy) is 1. The number of carbonyl (C=O) groups is 1. The number of hydrogen-bond donors (Lipinski definition) is 1. The summed E-state index contributed by atoms with van der Waals surface area (Å²) in [5, 5.41) is 7.98. The third-order valence-electron chi connectivity index (χ3n) is 3.93. The minimum Gasteiger partial charge on any atom is -0.494 e. The van der Waals surface area contributed by atoms with Crippen LogP contribution in [0.15, 0.2) is 54.6 Å². The van der Waals surface area contributed by atoms with Crippen LogP contribution in [-0.4, -0.2) is 22.3 Å². The highest BCUT2D eigenvalue weighted by atomic mass is 35.5. The van der Waals surface area contributed by atoms with Crippen molar-refractivity contribution < 1.29 is 9.53 Å². The number of anilines is 1. The first-order chi connectivity index (χ1) is 12.6. The van der Waals surface area contributed by atoms with Crippen LogP contribution in [-0.2, 0) is 6.54 Å². The van der Waals surface area contributed by atoms with Crippen molar-refractivity contribution in [1.82, 2.24) is 9.78 Å². The molecule has 1 amide bonds. The predicted octanol–water partition coefficient (Wildman–Crippen LogP) is 4.54. The molecule has 1 aromatic heterocycles. The maximum atomic E-state index is 12.4. The first kappa shape index (κ1) is 18.0. The maximum Gasteiger partial charge on any atom is 0.256 e. The van der Waals surface area contributed by atoms with Gasteiger partial charge in [0.15, 0.2) is 5.82 Å². The van der Waals surface area contributed by atoms with Crippen molar-refractivity contribution in [1.29, 1.82) is 0 Å². The second-order valence-electron chi connectivity index (χ2n) is 5.83.